The van der Waals surface area contributed by atoms with Crippen LogP contribution in [0.1, 0.15) is 38.7 Å². The first-order chi connectivity index (χ1) is 12.1. The van der Waals surface area contributed by atoms with E-state index in [1.165, 1.54) is 5.56 Å². The fourth-order valence-corrected chi connectivity index (χ4v) is 3.64. The Balaban J connectivity index is 1.48. The number of benzene rings is 1. The van der Waals surface area contributed by atoms with Gasteiger partial charge in [0.2, 0.25) is 0 Å². The van der Waals surface area contributed by atoms with E-state index in [-0.39, 0.29) is 6.03 Å². The number of urea groups is 1. The quantitative estimate of drug-likeness (QED) is 0.862. The highest BCUT2D eigenvalue weighted by Crippen LogP contribution is 2.21. The first kappa shape index (κ1) is 18.1. The molecule has 2 amide bonds. The lowest BCUT2D eigenvalue weighted by Gasteiger charge is -2.40. The monoisotopic (exact) mass is 345 g/mol. The topological polar surface area (TPSA) is 44.8 Å². The number of hydrogen-bond acceptors (Lipinski definition) is 3. The Bertz CT molecular complexity index is 568. The Kier molecular flexibility index (Phi) is 6.19. The van der Waals surface area contributed by atoms with E-state index in [1.54, 1.807) is 0 Å². The fourth-order valence-electron chi connectivity index (χ4n) is 3.64. The van der Waals surface area contributed by atoms with Gasteiger partial charge in [0.25, 0.3) is 0 Å². The zero-order chi connectivity index (χ0) is 17.6. The van der Waals surface area contributed by atoms with Crippen LogP contribution in [-0.4, -0.2) is 54.7 Å². The summed E-state index contributed by atoms with van der Waals surface area (Å²) in [4.78, 5) is 16.5. The minimum Gasteiger partial charge on any atom is -0.493 e. The van der Waals surface area contributed by atoms with Gasteiger partial charge in [0, 0.05) is 38.8 Å². The van der Waals surface area contributed by atoms with E-state index < -0.39 is 0 Å². The maximum atomic E-state index is 12.0. The highest BCUT2D eigenvalue weighted by atomic mass is 16.5. The van der Waals surface area contributed by atoms with Crippen molar-refractivity contribution in [3.05, 3.63) is 29.8 Å². The first-order valence-electron chi connectivity index (χ1n) is 9.60. The maximum Gasteiger partial charge on any atom is 0.317 e. The van der Waals surface area contributed by atoms with E-state index in [2.05, 4.69) is 42.3 Å². The van der Waals surface area contributed by atoms with Crippen LogP contribution in [-0.2, 0) is 6.54 Å². The van der Waals surface area contributed by atoms with Crippen LogP contribution in [0.25, 0.3) is 0 Å². The minimum atomic E-state index is 0.125. The van der Waals surface area contributed by atoms with Crippen LogP contribution in [0.3, 0.4) is 0 Å². The van der Waals surface area contributed by atoms with E-state index in [1.807, 2.05) is 11.0 Å². The first-order valence-corrected chi connectivity index (χ1v) is 9.60. The molecular formula is C20H31N3O2. The van der Waals surface area contributed by atoms with Gasteiger partial charge in [0.15, 0.2) is 0 Å². The molecule has 0 atom stereocenters. The second kappa shape index (κ2) is 8.56. The third-order valence-corrected chi connectivity index (χ3v) is 5.00. The molecule has 0 aliphatic carbocycles. The molecule has 1 aromatic rings. The van der Waals surface area contributed by atoms with E-state index in [9.17, 15) is 4.79 Å². The molecule has 2 saturated heterocycles. The average molecular weight is 345 g/mol. The number of hydrogen-bond donors (Lipinski definition) is 1. The summed E-state index contributed by atoms with van der Waals surface area (Å²) in [5.74, 6) is 1.50. The fraction of sp³-hybridized carbons (Fsp3) is 0.650. The summed E-state index contributed by atoms with van der Waals surface area (Å²) in [6.07, 6.45) is 3.20. The molecule has 1 N–H and O–H groups in total. The number of carbonyl (C=O) groups is 1. The van der Waals surface area contributed by atoms with Gasteiger partial charge in [-0.2, -0.15) is 0 Å². The van der Waals surface area contributed by atoms with Crippen LogP contribution in [0.5, 0.6) is 5.75 Å². The molecule has 2 aliphatic heterocycles. The molecular weight excluding hydrogens is 314 g/mol. The molecule has 0 spiro atoms. The number of ether oxygens (including phenoxy) is 1. The van der Waals surface area contributed by atoms with E-state index in [0.717, 1.165) is 64.3 Å². The van der Waals surface area contributed by atoms with Gasteiger partial charge in [-0.1, -0.05) is 26.0 Å². The van der Waals surface area contributed by atoms with Gasteiger partial charge in [-0.25, -0.2) is 4.79 Å². The largest absolute Gasteiger partial charge is 0.493 e. The van der Waals surface area contributed by atoms with Crippen molar-refractivity contribution in [2.75, 3.05) is 32.8 Å². The van der Waals surface area contributed by atoms with Crippen molar-refractivity contribution in [1.82, 2.24) is 15.1 Å². The van der Waals surface area contributed by atoms with E-state index >= 15 is 0 Å². The van der Waals surface area contributed by atoms with Crippen LogP contribution in [0.4, 0.5) is 4.79 Å². The van der Waals surface area contributed by atoms with Crippen LogP contribution in [0.15, 0.2) is 24.3 Å². The lowest BCUT2D eigenvalue weighted by Crippen LogP contribution is -2.54. The number of likely N-dealkylation sites (tertiary alicyclic amines) is 1. The molecule has 0 unspecified atom stereocenters. The number of carbonyl (C=O) groups excluding carboxylic acids is 1. The molecule has 5 nitrogen and oxygen atoms in total. The molecule has 5 heteroatoms. The molecule has 1 aromatic carbocycles. The van der Waals surface area contributed by atoms with Crippen LogP contribution in [0, 0.1) is 5.92 Å². The summed E-state index contributed by atoms with van der Waals surface area (Å²) >= 11 is 0. The van der Waals surface area contributed by atoms with Crippen molar-refractivity contribution in [2.24, 2.45) is 5.92 Å². The van der Waals surface area contributed by atoms with Gasteiger partial charge < -0.3 is 15.0 Å². The zero-order valence-electron chi connectivity index (χ0n) is 15.5. The highest BCUT2D eigenvalue weighted by molar-refractivity contribution is 5.75. The molecule has 0 aromatic heterocycles. The predicted molar refractivity (Wildman–Crippen MR) is 99.8 cm³/mol. The lowest BCUT2D eigenvalue weighted by atomic mass is 10.0. The van der Waals surface area contributed by atoms with Gasteiger partial charge in [-0.15, -0.1) is 0 Å². The SMILES string of the molecule is CC(C)COc1cccc(CN2CCC(N3CCCNC3=O)CC2)c1. The second-order valence-corrected chi connectivity index (χ2v) is 7.64. The Labute approximate surface area is 151 Å². The number of nitrogens with zero attached hydrogens (tertiary/aromatic N) is 2. The third kappa shape index (κ3) is 5.11. The molecule has 2 heterocycles. The Morgan fingerprint density at radius 3 is 2.76 bits per heavy atom. The second-order valence-electron chi connectivity index (χ2n) is 7.64. The smallest absolute Gasteiger partial charge is 0.317 e. The zero-order valence-corrected chi connectivity index (χ0v) is 15.5. The van der Waals surface area contributed by atoms with Gasteiger partial charge in [0.1, 0.15) is 5.75 Å². The predicted octanol–water partition coefficient (Wildman–Crippen LogP) is 3.10. The van der Waals surface area contributed by atoms with Gasteiger partial charge in [-0.3, -0.25) is 4.90 Å². The lowest BCUT2D eigenvalue weighted by molar-refractivity contribution is 0.109. The van der Waals surface area contributed by atoms with Crippen molar-refractivity contribution in [2.45, 2.75) is 45.7 Å². The van der Waals surface area contributed by atoms with Gasteiger partial charge in [0.05, 0.1) is 6.61 Å². The third-order valence-electron chi connectivity index (χ3n) is 5.00. The standard InChI is InChI=1S/C20H31N3O2/c1-16(2)15-25-19-6-3-5-17(13-19)14-22-11-7-18(8-12-22)23-10-4-9-21-20(23)24/h3,5-6,13,16,18H,4,7-12,14-15H2,1-2H3,(H,21,24). The van der Waals surface area contributed by atoms with Crippen LogP contribution in [0.2, 0.25) is 0 Å². The average Bonchev–Trinajstić information content (AvgIpc) is 2.62. The van der Waals surface area contributed by atoms with Crippen molar-refractivity contribution < 1.29 is 9.53 Å². The summed E-state index contributed by atoms with van der Waals surface area (Å²) in [6.45, 7) is 9.87. The summed E-state index contributed by atoms with van der Waals surface area (Å²) in [5, 5.41) is 2.97. The Morgan fingerprint density at radius 1 is 1.24 bits per heavy atom. The van der Waals surface area contributed by atoms with Crippen molar-refractivity contribution in [1.29, 1.82) is 0 Å². The molecule has 25 heavy (non-hydrogen) atoms. The molecule has 0 radical (unpaired) electrons. The summed E-state index contributed by atoms with van der Waals surface area (Å²) < 4.78 is 5.84. The molecule has 3 rings (SSSR count). The van der Waals surface area contributed by atoms with Gasteiger partial charge >= 0.3 is 6.03 Å². The van der Waals surface area contributed by atoms with E-state index in [4.69, 9.17) is 4.74 Å². The summed E-state index contributed by atoms with van der Waals surface area (Å²) in [7, 11) is 0. The minimum absolute atomic E-state index is 0.125. The van der Waals surface area contributed by atoms with Crippen LogP contribution < -0.4 is 10.1 Å². The number of piperidine rings is 1. The van der Waals surface area contributed by atoms with Gasteiger partial charge in [-0.05, 0) is 42.9 Å². The maximum absolute atomic E-state index is 12.0. The van der Waals surface area contributed by atoms with E-state index in [0.29, 0.717) is 12.0 Å². The molecule has 138 valence electrons. The number of amides is 2. The molecule has 2 fully saturated rings. The van der Waals surface area contributed by atoms with Crippen molar-refractivity contribution in [3.8, 4) is 5.75 Å². The van der Waals surface area contributed by atoms with Crippen molar-refractivity contribution in [3.63, 3.8) is 0 Å². The Hall–Kier alpha value is -1.75. The Morgan fingerprint density at radius 2 is 2.04 bits per heavy atom. The molecule has 0 saturated carbocycles. The summed E-state index contributed by atoms with van der Waals surface area (Å²) in [6, 6.07) is 8.97. The summed E-state index contributed by atoms with van der Waals surface area (Å²) in [5.41, 5.74) is 1.30. The molecule has 2 aliphatic rings. The number of rotatable bonds is 6. The van der Waals surface area contributed by atoms with Crippen LogP contribution >= 0.6 is 0 Å². The molecule has 0 bridgehead atoms. The number of nitrogens with one attached hydrogen (secondary N) is 1. The highest BCUT2D eigenvalue weighted by Gasteiger charge is 2.29. The normalized spacial score (nSPS) is 20.0. The van der Waals surface area contributed by atoms with Crippen molar-refractivity contribution >= 4 is 6.03 Å².